The van der Waals surface area contributed by atoms with Crippen LogP contribution in [0.5, 0.6) is 0 Å². The van der Waals surface area contributed by atoms with Gasteiger partial charge in [-0.05, 0) is 0 Å². The van der Waals surface area contributed by atoms with Crippen molar-refractivity contribution in [2.24, 2.45) is 0 Å². The van der Waals surface area contributed by atoms with Crippen LogP contribution in [0.4, 0.5) is 0 Å². The van der Waals surface area contributed by atoms with E-state index in [4.69, 9.17) is 21.1 Å². The van der Waals surface area contributed by atoms with Crippen LogP contribution in [0.2, 0.25) is 5.15 Å². The SMILES string of the molecule is O=C(O)c1nc2occn2c1Cl. The number of aromatic carboxylic acids is 1. The third-order valence-corrected chi connectivity index (χ3v) is 1.77. The molecule has 0 aromatic carbocycles. The van der Waals surface area contributed by atoms with Crippen LogP contribution >= 0.6 is 11.6 Å². The van der Waals surface area contributed by atoms with Crippen LogP contribution in [-0.4, -0.2) is 20.5 Å². The van der Waals surface area contributed by atoms with Crippen molar-refractivity contribution in [2.45, 2.75) is 0 Å². The van der Waals surface area contributed by atoms with E-state index in [0.29, 0.717) is 0 Å². The molecule has 12 heavy (non-hydrogen) atoms. The van der Waals surface area contributed by atoms with Crippen molar-refractivity contribution in [3.05, 3.63) is 23.3 Å². The Morgan fingerprint density at radius 2 is 2.50 bits per heavy atom. The van der Waals surface area contributed by atoms with Gasteiger partial charge in [-0.1, -0.05) is 11.6 Å². The molecule has 1 N–H and O–H groups in total. The maximum atomic E-state index is 10.5. The molecule has 0 atom stereocenters. The highest BCUT2D eigenvalue weighted by Gasteiger charge is 2.17. The summed E-state index contributed by atoms with van der Waals surface area (Å²) < 4.78 is 6.19. The Kier molecular flexibility index (Phi) is 1.34. The lowest BCUT2D eigenvalue weighted by molar-refractivity contribution is 0.0691. The van der Waals surface area contributed by atoms with Gasteiger partial charge < -0.3 is 9.52 Å². The number of hydrogen-bond acceptors (Lipinski definition) is 3. The minimum absolute atomic E-state index is 0.0475. The summed E-state index contributed by atoms with van der Waals surface area (Å²) in [6.45, 7) is 0. The summed E-state index contributed by atoms with van der Waals surface area (Å²) in [5.74, 6) is -0.990. The topological polar surface area (TPSA) is 67.7 Å². The Morgan fingerprint density at radius 3 is 3.08 bits per heavy atom. The van der Waals surface area contributed by atoms with Crippen molar-refractivity contribution in [3.63, 3.8) is 0 Å². The van der Waals surface area contributed by atoms with Gasteiger partial charge in [-0.3, -0.25) is 4.40 Å². The average Bonchev–Trinajstić information content (AvgIpc) is 2.53. The lowest BCUT2D eigenvalue weighted by atomic mass is 10.5. The first-order valence-corrected chi connectivity index (χ1v) is 3.42. The molecule has 2 aromatic rings. The van der Waals surface area contributed by atoms with Crippen molar-refractivity contribution in [1.82, 2.24) is 9.38 Å². The second-order valence-electron chi connectivity index (χ2n) is 2.11. The van der Waals surface area contributed by atoms with E-state index in [1.807, 2.05) is 0 Å². The summed E-state index contributed by atoms with van der Waals surface area (Å²) in [6.07, 6.45) is 2.87. The van der Waals surface area contributed by atoms with Gasteiger partial charge in [0, 0.05) is 0 Å². The molecule has 0 amide bonds. The summed E-state index contributed by atoms with van der Waals surface area (Å²) in [4.78, 5) is 14.1. The first-order valence-electron chi connectivity index (χ1n) is 3.04. The molecule has 0 fully saturated rings. The average molecular weight is 187 g/mol. The summed E-state index contributed by atoms with van der Waals surface area (Å²) >= 11 is 5.65. The Morgan fingerprint density at radius 1 is 1.75 bits per heavy atom. The van der Waals surface area contributed by atoms with Crippen molar-refractivity contribution >= 4 is 23.4 Å². The summed E-state index contributed by atoms with van der Waals surface area (Å²) in [7, 11) is 0. The van der Waals surface area contributed by atoms with Crippen molar-refractivity contribution in [3.8, 4) is 0 Å². The summed E-state index contributed by atoms with van der Waals surface area (Å²) in [5.41, 5.74) is -0.198. The van der Waals surface area contributed by atoms with Gasteiger partial charge in [0.2, 0.25) is 0 Å². The van der Waals surface area contributed by atoms with Crippen LogP contribution in [0, 0.1) is 0 Å². The van der Waals surface area contributed by atoms with Gasteiger partial charge in [0.15, 0.2) is 10.8 Å². The highest BCUT2D eigenvalue weighted by molar-refractivity contribution is 6.32. The molecule has 6 heteroatoms. The van der Waals surface area contributed by atoms with Crippen LogP contribution < -0.4 is 0 Å². The van der Waals surface area contributed by atoms with Crippen LogP contribution in [0.1, 0.15) is 10.5 Å². The smallest absolute Gasteiger partial charge is 0.357 e. The van der Waals surface area contributed by atoms with Gasteiger partial charge >= 0.3 is 11.8 Å². The van der Waals surface area contributed by atoms with Gasteiger partial charge in [0.05, 0.1) is 6.20 Å². The predicted octanol–water partition coefficient (Wildman–Crippen LogP) is 1.28. The minimum atomic E-state index is -1.17. The molecule has 2 rings (SSSR count). The third kappa shape index (κ3) is 0.799. The number of nitrogens with zero attached hydrogens (tertiary/aromatic N) is 2. The molecule has 0 spiro atoms. The van der Waals surface area contributed by atoms with Crippen LogP contribution in [0.3, 0.4) is 0 Å². The van der Waals surface area contributed by atoms with E-state index in [1.165, 1.54) is 16.9 Å². The highest BCUT2D eigenvalue weighted by Crippen LogP contribution is 2.18. The lowest BCUT2D eigenvalue weighted by Crippen LogP contribution is -1.97. The van der Waals surface area contributed by atoms with Crippen molar-refractivity contribution in [1.29, 1.82) is 0 Å². The molecule has 0 aliphatic heterocycles. The number of carboxylic acid groups (broad SMARTS) is 1. The predicted molar refractivity (Wildman–Crippen MR) is 39.4 cm³/mol. The molecule has 62 valence electrons. The zero-order valence-corrected chi connectivity index (χ0v) is 6.45. The molecule has 0 saturated heterocycles. The number of fused-ring (bicyclic) bond motifs is 1. The quantitative estimate of drug-likeness (QED) is 0.729. The summed E-state index contributed by atoms with van der Waals surface area (Å²) in [5, 5.41) is 8.63. The Balaban J connectivity index is 2.78. The minimum Gasteiger partial charge on any atom is -0.476 e. The van der Waals surface area contributed by atoms with E-state index in [0.717, 1.165) is 0 Å². The molecular formula is C6H3ClN2O3. The van der Waals surface area contributed by atoms with Gasteiger partial charge in [0.25, 0.3) is 0 Å². The molecule has 0 unspecified atom stereocenters. The number of carboxylic acids is 1. The van der Waals surface area contributed by atoms with Gasteiger partial charge in [-0.15, -0.1) is 0 Å². The molecular weight excluding hydrogens is 184 g/mol. The second kappa shape index (κ2) is 2.25. The molecule has 2 aromatic heterocycles. The standard InChI is InChI=1S/C6H3ClN2O3/c7-4-3(5(10)11)8-6-9(4)1-2-12-6/h1-2H,(H,10,11). The van der Waals surface area contributed by atoms with E-state index in [1.54, 1.807) is 0 Å². The Bertz CT molecular complexity index is 445. The fourth-order valence-electron chi connectivity index (χ4n) is 0.894. The highest BCUT2D eigenvalue weighted by atomic mass is 35.5. The molecule has 0 aliphatic rings. The molecule has 0 radical (unpaired) electrons. The monoisotopic (exact) mass is 186 g/mol. The lowest BCUT2D eigenvalue weighted by Gasteiger charge is -1.85. The molecule has 0 aliphatic carbocycles. The molecule has 0 saturated carbocycles. The second-order valence-corrected chi connectivity index (χ2v) is 2.47. The van der Waals surface area contributed by atoms with Crippen LogP contribution in [-0.2, 0) is 0 Å². The van der Waals surface area contributed by atoms with Crippen LogP contribution in [0.25, 0.3) is 5.84 Å². The fraction of sp³-hybridized carbons (Fsp3) is 0. The van der Waals surface area contributed by atoms with Crippen molar-refractivity contribution < 1.29 is 14.3 Å². The van der Waals surface area contributed by atoms with Gasteiger partial charge in [-0.2, -0.15) is 4.98 Å². The third-order valence-electron chi connectivity index (χ3n) is 1.41. The maximum Gasteiger partial charge on any atom is 0.357 e. The number of oxazole rings is 1. The first-order chi connectivity index (χ1) is 5.70. The van der Waals surface area contributed by atoms with E-state index >= 15 is 0 Å². The van der Waals surface area contributed by atoms with E-state index in [2.05, 4.69) is 4.98 Å². The van der Waals surface area contributed by atoms with Crippen LogP contribution in [0.15, 0.2) is 16.9 Å². The number of rotatable bonds is 1. The number of imidazole rings is 1. The zero-order valence-electron chi connectivity index (χ0n) is 5.69. The number of carbonyl (C=O) groups is 1. The van der Waals surface area contributed by atoms with E-state index < -0.39 is 5.97 Å². The van der Waals surface area contributed by atoms with Crippen molar-refractivity contribution in [2.75, 3.05) is 0 Å². The molecule has 0 bridgehead atoms. The summed E-state index contributed by atoms with van der Waals surface area (Å²) in [6, 6.07) is 0. The first kappa shape index (κ1) is 7.17. The zero-order chi connectivity index (χ0) is 8.72. The maximum absolute atomic E-state index is 10.5. The largest absolute Gasteiger partial charge is 0.476 e. The Labute approximate surface area is 71.2 Å². The van der Waals surface area contributed by atoms with E-state index in [9.17, 15) is 4.79 Å². The molecule has 5 nitrogen and oxygen atoms in total. The van der Waals surface area contributed by atoms with Gasteiger partial charge in [0.1, 0.15) is 6.26 Å². The van der Waals surface area contributed by atoms with Gasteiger partial charge in [-0.25, -0.2) is 4.79 Å². The van der Waals surface area contributed by atoms with E-state index in [-0.39, 0.29) is 16.7 Å². The fourth-order valence-corrected chi connectivity index (χ4v) is 1.15. The number of aromatic nitrogens is 2. The number of halogens is 1. The molecule has 2 heterocycles. The Hall–Kier alpha value is -1.49. The normalized spacial score (nSPS) is 10.8. The number of hydrogen-bond donors (Lipinski definition) is 1.